The maximum atomic E-state index is 10.9. The highest BCUT2D eigenvalue weighted by Gasteiger charge is 2.52. The average Bonchev–Trinajstić information content (AvgIpc) is 3.18. The van der Waals surface area contributed by atoms with Crippen LogP contribution in [0, 0.1) is 41.4 Å². The summed E-state index contributed by atoms with van der Waals surface area (Å²) in [7, 11) is 0. The van der Waals surface area contributed by atoms with Crippen molar-refractivity contribution in [3.05, 3.63) is 11.6 Å². The van der Waals surface area contributed by atoms with Crippen LogP contribution in [0.3, 0.4) is 0 Å². The summed E-state index contributed by atoms with van der Waals surface area (Å²) in [6, 6.07) is 0. The minimum Gasteiger partial charge on any atom is -0.481 e. The second kappa shape index (κ2) is 9.01. The maximum absolute atomic E-state index is 10.9. The predicted molar refractivity (Wildman–Crippen MR) is 109 cm³/mol. The van der Waals surface area contributed by atoms with Gasteiger partial charge in [-0.15, -0.1) is 0 Å². The number of carboxylic acid groups (broad SMARTS) is 1. The topological polar surface area (TPSA) is 77.8 Å². The molecule has 4 nitrogen and oxygen atoms in total. The summed E-state index contributed by atoms with van der Waals surface area (Å²) in [5, 5.41) is 30.5. The number of aliphatic hydroxyl groups excluding tert-OH is 1. The van der Waals surface area contributed by atoms with E-state index < -0.39 is 17.7 Å². The first kappa shape index (κ1) is 21.4. The van der Waals surface area contributed by atoms with E-state index in [0.717, 1.165) is 38.5 Å². The molecule has 0 heterocycles. The lowest BCUT2D eigenvalue weighted by atomic mass is 9.50. The molecule has 3 rings (SSSR count). The average molecular weight is 389 g/mol. The Kier molecular flexibility index (Phi) is 6.89. The number of rotatable bonds is 6. The van der Waals surface area contributed by atoms with E-state index in [4.69, 9.17) is 5.11 Å². The van der Waals surface area contributed by atoms with Gasteiger partial charge in [0.2, 0.25) is 0 Å². The van der Waals surface area contributed by atoms with Crippen molar-refractivity contribution in [2.24, 2.45) is 29.6 Å². The summed E-state index contributed by atoms with van der Waals surface area (Å²) in [4.78, 5) is 10.9. The molecule has 3 fully saturated rings. The van der Waals surface area contributed by atoms with Crippen molar-refractivity contribution in [2.75, 3.05) is 0 Å². The van der Waals surface area contributed by atoms with Crippen molar-refractivity contribution in [1.82, 2.24) is 0 Å². The van der Waals surface area contributed by atoms with E-state index in [9.17, 15) is 15.0 Å². The van der Waals surface area contributed by atoms with E-state index in [0.29, 0.717) is 24.2 Å². The Labute approximate surface area is 169 Å². The molecule has 0 spiro atoms. The van der Waals surface area contributed by atoms with Crippen LogP contribution in [-0.4, -0.2) is 33.0 Å². The molecule has 0 aromatic rings. The molecule has 4 heteroatoms. The Morgan fingerprint density at radius 3 is 2.61 bits per heavy atom. The molecule has 0 saturated heterocycles. The van der Waals surface area contributed by atoms with Crippen molar-refractivity contribution in [3.63, 3.8) is 0 Å². The first-order valence-electron chi connectivity index (χ1n) is 11.2. The van der Waals surface area contributed by atoms with Crippen LogP contribution >= 0.6 is 0 Å². The molecule has 0 aromatic heterocycles. The van der Waals surface area contributed by atoms with Crippen LogP contribution in [0.2, 0.25) is 0 Å². The van der Waals surface area contributed by atoms with Crippen molar-refractivity contribution >= 4 is 5.97 Å². The molecule has 0 amide bonds. The molecule has 3 N–H and O–H groups in total. The molecule has 2 unspecified atom stereocenters. The van der Waals surface area contributed by atoms with Gasteiger partial charge in [-0.2, -0.15) is 0 Å². The van der Waals surface area contributed by atoms with Crippen LogP contribution in [-0.2, 0) is 4.79 Å². The largest absolute Gasteiger partial charge is 0.481 e. The number of carbonyl (C=O) groups is 1. The van der Waals surface area contributed by atoms with Crippen molar-refractivity contribution < 1.29 is 20.1 Å². The smallest absolute Gasteiger partial charge is 0.303 e. The molecular formula is C24H36O4. The third-order valence-electron chi connectivity index (χ3n) is 7.37. The van der Waals surface area contributed by atoms with Crippen molar-refractivity contribution in [1.29, 1.82) is 0 Å². The zero-order chi connectivity index (χ0) is 20.3. The first-order valence-corrected chi connectivity index (χ1v) is 11.2. The molecule has 3 aliphatic rings. The Morgan fingerprint density at radius 1 is 1.25 bits per heavy atom. The highest BCUT2D eigenvalue weighted by molar-refractivity contribution is 5.66. The Balaban J connectivity index is 1.77. The lowest BCUT2D eigenvalue weighted by molar-refractivity contribution is -0.136. The zero-order valence-corrected chi connectivity index (χ0v) is 17.4. The third kappa shape index (κ3) is 4.47. The number of aliphatic hydroxyl groups is 2. The summed E-state index contributed by atoms with van der Waals surface area (Å²) < 4.78 is 0. The second-order valence-electron chi connectivity index (χ2n) is 9.28. The SMILES string of the molecule is CCCC1C(=CCCC(=O)O)[C@@H]2CC[C@H](O)[C@@H](C#CC(C)(O)C3CCCC3)[C@H]12. The number of carboxylic acids is 1. The molecule has 156 valence electrons. The maximum Gasteiger partial charge on any atom is 0.303 e. The summed E-state index contributed by atoms with van der Waals surface area (Å²) >= 11 is 0. The molecule has 3 saturated carbocycles. The third-order valence-corrected chi connectivity index (χ3v) is 7.37. The number of aliphatic carboxylic acids is 1. The highest BCUT2D eigenvalue weighted by Crippen LogP contribution is 2.57. The van der Waals surface area contributed by atoms with Gasteiger partial charge in [0.15, 0.2) is 0 Å². The monoisotopic (exact) mass is 388 g/mol. The van der Waals surface area contributed by atoms with E-state index in [2.05, 4.69) is 24.8 Å². The quantitative estimate of drug-likeness (QED) is 0.472. The fraction of sp³-hybridized carbons (Fsp3) is 0.792. The van der Waals surface area contributed by atoms with Gasteiger partial charge in [-0.1, -0.05) is 49.7 Å². The Bertz CT molecular complexity index is 647. The van der Waals surface area contributed by atoms with Gasteiger partial charge in [0.25, 0.3) is 0 Å². The van der Waals surface area contributed by atoms with Crippen LogP contribution in [0.1, 0.15) is 78.1 Å². The molecule has 0 bridgehead atoms. The second-order valence-corrected chi connectivity index (χ2v) is 9.28. The fourth-order valence-electron chi connectivity index (χ4n) is 5.87. The molecule has 6 atom stereocenters. The predicted octanol–water partition coefficient (Wildman–Crippen LogP) is 4.16. The first-order chi connectivity index (χ1) is 13.3. The van der Waals surface area contributed by atoms with Gasteiger partial charge in [0, 0.05) is 6.42 Å². The number of allylic oxidation sites excluding steroid dienone is 2. The number of hydrogen-bond donors (Lipinski definition) is 3. The normalized spacial score (nSPS) is 36.1. The van der Waals surface area contributed by atoms with Gasteiger partial charge < -0.3 is 15.3 Å². The molecule has 0 aromatic carbocycles. The number of hydrogen-bond acceptors (Lipinski definition) is 3. The Hall–Kier alpha value is -1.31. The van der Waals surface area contributed by atoms with Gasteiger partial charge in [-0.05, 0) is 69.1 Å². The Morgan fingerprint density at radius 2 is 1.96 bits per heavy atom. The van der Waals surface area contributed by atoms with Crippen LogP contribution < -0.4 is 0 Å². The van der Waals surface area contributed by atoms with Gasteiger partial charge >= 0.3 is 5.97 Å². The summed E-state index contributed by atoms with van der Waals surface area (Å²) in [5.74, 6) is 7.07. The van der Waals surface area contributed by atoms with E-state index in [1.165, 1.54) is 18.4 Å². The molecule has 0 radical (unpaired) electrons. The van der Waals surface area contributed by atoms with Gasteiger partial charge in [0.1, 0.15) is 5.60 Å². The minimum atomic E-state index is -0.965. The van der Waals surface area contributed by atoms with Crippen LogP contribution in [0.25, 0.3) is 0 Å². The number of fused-ring (bicyclic) bond motifs is 1. The minimum absolute atomic E-state index is 0.0835. The molecular weight excluding hydrogens is 352 g/mol. The van der Waals surface area contributed by atoms with E-state index in [-0.39, 0.29) is 18.3 Å². The van der Waals surface area contributed by atoms with Gasteiger partial charge in [-0.25, -0.2) is 0 Å². The van der Waals surface area contributed by atoms with Gasteiger partial charge in [0.05, 0.1) is 12.0 Å². The fourth-order valence-corrected chi connectivity index (χ4v) is 5.87. The van der Waals surface area contributed by atoms with Crippen LogP contribution in [0.5, 0.6) is 0 Å². The summed E-state index contributed by atoms with van der Waals surface area (Å²) in [6.07, 6.45) is 10.7. The summed E-state index contributed by atoms with van der Waals surface area (Å²) in [5.41, 5.74) is 0.433. The standard InChI is InChI=1S/C24H36O4/c1-3-7-18-17(10-6-11-22(26)27)19-12-13-21(25)20(23(18)19)14-15-24(2,28)16-8-4-5-9-16/h10,16,18-21,23,25,28H,3-9,11-13H2,1-2H3,(H,26,27)/t18?,19-,20+,21-,23+,24?/m0/s1. The molecule has 28 heavy (non-hydrogen) atoms. The van der Waals surface area contributed by atoms with Crippen LogP contribution in [0.4, 0.5) is 0 Å². The zero-order valence-electron chi connectivity index (χ0n) is 17.4. The van der Waals surface area contributed by atoms with Crippen molar-refractivity contribution in [3.8, 4) is 11.8 Å². The highest BCUT2D eigenvalue weighted by atomic mass is 16.4. The lowest BCUT2D eigenvalue weighted by Crippen LogP contribution is -2.51. The van der Waals surface area contributed by atoms with Crippen LogP contribution in [0.15, 0.2) is 11.6 Å². The lowest BCUT2D eigenvalue weighted by Gasteiger charge is -2.55. The van der Waals surface area contributed by atoms with Crippen molar-refractivity contribution in [2.45, 2.75) is 89.8 Å². The van der Waals surface area contributed by atoms with E-state index in [1.807, 2.05) is 6.92 Å². The molecule has 3 aliphatic carbocycles. The summed E-state index contributed by atoms with van der Waals surface area (Å²) in [6.45, 7) is 4.01. The van der Waals surface area contributed by atoms with E-state index in [1.54, 1.807) is 0 Å². The molecule has 0 aliphatic heterocycles. The van der Waals surface area contributed by atoms with Gasteiger partial charge in [-0.3, -0.25) is 4.79 Å². The van der Waals surface area contributed by atoms with E-state index >= 15 is 0 Å².